The number of nitrogens with one attached hydrogen (secondary N) is 1. The highest BCUT2D eigenvalue weighted by Gasteiger charge is 2.11. The molecule has 3 aromatic carbocycles. The number of aromatic nitrogens is 1. The van der Waals surface area contributed by atoms with Crippen molar-refractivity contribution in [2.75, 3.05) is 0 Å². The van der Waals surface area contributed by atoms with Crippen molar-refractivity contribution in [1.82, 2.24) is 4.98 Å². The first kappa shape index (κ1) is 15.1. The van der Waals surface area contributed by atoms with Gasteiger partial charge in [0.05, 0.1) is 6.42 Å². The van der Waals surface area contributed by atoms with Crippen LogP contribution < -0.4 is 5.56 Å². The molecule has 25 heavy (non-hydrogen) atoms. The Labute approximate surface area is 143 Å². The first-order valence-electron chi connectivity index (χ1n) is 7.98. The Balaban J connectivity index is 1.98. The Kier molecular flexibility index (Phi) is 3.58. The van der Waals surface area contributed by atoms with Crippen LogP contribution in [-0.4, -0.2) is 16.1 Å². The molecule has 0 amide bonds. The van der Waals surface area contributed by atoms with Gasteiger partial charge in [-0.1, -0.05) is 54.6 Å². The van der Waals surface area contributed by atoms with Gasteiger partial charge in [-0.05, 0) is 33.7 Å². The summed E-state index contributed by atoms with van der Waals surface area (Å²) in [7, 11) is 0. The second-order valence-electron chi connectivity index (χ2n) is 5.99. The summed E-state index contributed by atoms with van der Waals surface area (Å²) in [4.78, 5) is 25.9. The first-order chi connectivity index (χ1) is 12.1. The zero-order valence-corrected chi connectivity index (χ0v) is 13.3. The number of fused-ring (bicyclic) bond motifs is 3. The predicted octanol–water partition coefficient (Wildman–Crippen LogP) is 3.98. The molecule has 0 aliphatic heterocycles. The molecule has 4 nitrogen and oxygen atoms in total. The molecule has 4 heteroatoms. The van der Waals surface area contributed by atoms with Gasteiger partial charge in [-0.3, -0.25) is 9.59 Å². The highest BCUT2D eigenvalue weighted by molar-refractivity contribution is 6.13. The highest BCUT2D eigenvalue weighted by atomic mass is 16.4. The van der Waals surface area contributed by atoms with Crippen LogP contribution in [0.3, 0.4) is 0 Å². The summed E-state index contributed by atoms with van der Waals surface area (Å²) in [6, 6.07) is 21.6. The Bertz CT molecular complexity index is 1170. The summed E-state index contributed by atoms with van der Waals surface area (Å²) >= 11 is 0. The molecule has 4 aromatic rings. The molecule has 0 aliphatic rings. The molecule has 1 heterocycles. The number of aliphatic carboxylic acids is 1. The smallest absolute Gasteiger partial charge is 0.308 e. The molecular formula is C21H15NO3. The third-order valence-corrected chi connectivity index (χ3v) is 4.39. The lowest BCUT2D eigenvalue weighted by atomic mass is 9.95. The van der Waals surface area contributed by atoms with Crippen LogP contribution in [-0.2, 0) is 11.2 Å². The van der Waals surface area contributed by atoms with Gasteiger partial charge in [0.15, 0.2) is 0 Å². The van der Waals surface area contributed by atoms with Crippen molar-refractivity contribution < 1.29 is 9.90 Å². The molecule has 0 aliphatic carbocycles. The number of hydrogen-bond donors (Lipinski definition) is 2. The van der Waals surface area contributed by atoms with Crippen molar-refractivity contribution in [1.29, 1.82) is 0 Å². The summed E-state index contributed by atoms with van der Waals surface area (Å²) in [5.74, 6) is -1.02. The lowest BCUT2D eigenvalue weighted by Gasteiger charge is -2.11. The largest absolute Gasteiger partial charge is 0.481 e. The van der Waals surface area contributed by atoms with Crippen LogP contribution in [0.15, 0.2) is 71.5 Å². The van der Waals surface area contributed by atoms with Crippen molar-refractivity contribution in [3.8, 4) is 11.3 Å². The van der Waals surface area contributed by atoms with Crippen molar-refractivity contribution in [2.45, 2.75) is 6.42 Å². The van der Waals surface area contributed by atoms with Crippen LogP contribution >= 0.6 is 0 Å². The summed E-state index contributed by atoms with van der Waals surface area (Å²) in [5, 5.41) is 13.3. The molecule has 122 valence electrons. The zero-order chi connectivity index (χ0) is 17.4. The van der Waals surface area contributed by atoms with Crippen LogP contribution in [0.2, 0.25) is 0 Å². The average molecular weight is 329 g/mol. The van der Waals surface area contributed by atoms with E-state index in [1.807, 2.05) is 36.4 Å². The van der Waals surface area contributed by atoms with Gasteiger partial charge in [0.1, 0.15) is 0 Å². The van der Waals surface area contributed by atoms with E-state index >= 15 is 0 Å². The molecular weight excluding hydrogens is 314 g/mol. The van der Waals surface area contributed by atoms with Crippen LogP contribution in [0.1, 0.15) is 5.56 Å². The Morgan fingerprint density at radius 1 is 0.880 bits per heavy atom. The van der Waals surface area contributed by atoms with Crippen LogP contribution in [0.5, 0.6) is 0 Å². The van der Waals surface area contributed by atoms with E-state index in [4.69, 9.17) is 5.11 Å². The number of pyridine rings is 1. The Morgan fingerprint density at radius 3 is 2.28 bits per heavy atom. The van der Waals surface area contributed by atoms with Crippen molar-refractivity contribution in [3.05, 3.63) is 82.6 Å². The van der Waals surface area contributed by atoms with Crippen molar-refractivity contribution in [2.24, 2.45) is 0 Å². The van der Waals surface area contributed by atoms with E-state index in [9.17, 15) is 9.59 Å². The molecule has 0 saturated carbocycles. The second kappa shape index (κ2) is 5.91. The number of aromatic amines is 1. The van der Waals surface area contributed by atoms with Crippen LogP contribution in [0, 0.1) is 0 Å². The van der Waals surface area contributed by atoms with Gasteiger partial charge in [0.25, 0.3) is 5.56 Å². The van der Waals surface area contributed by atoms with Gasteiger partial charge in [-0.15, -0.1) is 0 Å². The van der Waals surface area contributed by atoms with E-state index in [1.54, 1.807) is 12.1 Å². The molecule has 0 atom stereocenters. The maximum absolute atomic E-state index is 12.2. The summed E-state index contributed by atoms with van der Waals surface area (Å²) in [6.07, 6.45) is -0.284. The van der Waals surface area contributed by atoms with E-state index in [0.717, 1.165) is 27.1 Å². The lowest BCUT2D eigenvalue weighted by molar-refractivity contribution is -0.136. The van der Waals surface area contributed by atoms with Gasteiger partial charge in [0, 0.05) is 16.8 Å². The predicted molar refractivity (Wildman–Crippen MR) is 98.9 cm³/mol. The maximum Gasteiger partial charge on any atom is 0.308 e. The molecule has 0 saturated heterocycles. The standard InChI is InChI=1S/C21H15NO3/c23-20(24)12-14-9-10-19(22-21(14)25)18-11-13-5-1-2-6-15(13)16-7-3-4-8-17(16)18/h1-11H,12H2,(H,22,25)(H,23,24). The van der Waals surface area contributed by atoms with Gasteiger partial charge >= 0.3 is 5.97 Å². The normalized spacial score (nSPS) is 11.0. The lowest BCUT2D eigenvalue weighted by Crippen LogP contribution is -2.16. The van der Waals surface area contributed by atoms with Gasteiger partial charge in [-0.25, -0.2) is 0 Å². The third kappa shape index (κ3) is 2.68. The third-order valence-electron chi connectivity index (χ3n) is 4.39. The van der Waals surface area contributed by atoms with E-state index in [-0.39, 0.29) is 17.5 Å². The minimum atomic E-state index is -1.02. The van der Waals surface area contributed by atoms with E-state index in [1.165, 1.54) is 0 Å². The molecule has 0 fully saturated rings. The number of carboxylic acid groups (broad SMARTS) is 1. The van der Waals surface area contributed by atoms with Crippen molar-refractivity contribution in [3.63, 3.8) is 0 Å². The minimum absolute atomic E-state index is 0.251. The van der Waals surface area contributed by atoms with Crippen LogP contribution in [0.25, 0.3) is 32.8 Å². The van der Waals surface area contributed by atoms with Gasteiger partial charge in [-0.2, -0.15) is 0 Å². The van der Waals surface area contributed by atoms with Crippen molar-refractivity contribution >= 4 is 27.5 Å². The van der Waals surface area contributed by atoms with Crippen LogP contribution in [0.4, 0.5) is 0 Å². The molecule has 0 radical (unpaired) electrons. The molecule has 0 spiro atoms. The van der Waals surface area contributed by atoms with E-state index in [0.29, 0.717) is 5.69 Å². The number of carbonyl (C=O) groups is 1. The fraction of sp³-hybridized carbons (Fsp3) is 0.0476. The highest BCUT2D eigenvalue weighted by Crippen LogP contribution is 2.33. The van der Waals surface area contributed by atoms with E-state index < -0.39 is 5.97 Å². The quantitative estimate of drug-likeness (QED) is 0.559. The number of rotatable bonds is 3. The zero-order valence-electron chi connectivity index (χ0n) is 13.3. The summed E-state index contributed by atoms with van der Waals surface area (Å²) in [6.45, 7) is 0. The Hall–Kier alpha value is -3.40. The summed E-state index contributed by atoms with van der Waals surface area (Å²) < 4.78 is 0. The SMILES string of the molecule is O=C(O)Cc1ccc(-c2cc3ccccc3c3ccccc23)[nH]c1=O. The molecule has 2 N–H and O–H groups in total. The topological polar surface area (TPSA) is 70.2 Å². The minimum Gasteiger partial charge on any atom is -0.481 e. The van der Waals surface area contributed by atoms with Gasteiger partial charge in [0.2, 0.25) is 0 Å². The van der Waals surface area contributed by atoms with Gasteiger partial charge < -0.3 is 10.1 Å². The molecule has 0 unspecified atom stereocenters. The average Bonchev–Trinajstić information content (AvgIpc) is 2.62. The number of hydrogen-bond acceptors (Lipinski definition) is 2. The van der Waals surface area contributed by atoms with E-state index in [2.05, 4.69) is 23.2 Å². The molecule has 0 bridgehead atoms. The Morgan fingerprint density at radius 2 is 1.56 bits per heavy atom. The number of H-pyrrole nitrogens is 1. The number of carboxylic acids is 1. The molecule has 4 rings (SSSR count). The second-order valence-corrected chi connectivity index (χ2v) is 5.99. The maximum atomic E-state index is 12.2. The fourth-order valence-electron chi connectivity index (χ4n) is 3.24. The number of benzene rings is 3. The first-order valence-corrected chi connectivity index (χ1v) is 7.98. The molecule has 1 aromatic heterocycles. The summed E-state index contributed by atoms with van der Waals surface area (Å²) in [5.41, 5.74) is 1.49. The monoisotopic (exact) mass is 329 g/mol. The fourth-order valence-corrected chi connectivity index (χ4v) is 3.24.